The molecule has 0 aromatic carbocycles. The van der Waals surface area contributed by atoms with Crippen LogP contribution in [0.25, 0.3) is 0 Å². The van der Waals surface area contributed by atoms with E-state index in [1.165, 1.54) is 116 Å². The second kappa shape index (κ2) is 32.0. The van der Waals surface area contributed by atoms with Gasteiger partial charge in [0.05, 0.1) is 6.61 Å². The van der Waals surface area contributed by atoms with E-state index in [-0.39, 0.29) is 42.4 Å². The molecule has 0 spiro atoms. The van der Waals surface area contributed by atoms with Gasteiger partial charge in [0, 0.05) is 18.1 Å². The molecular weight excluding hydrogens is 568 g/mol. The molecule has 6 nitrogen and oxygen atoms in total. The average Bonchev–Trinajstić information content (AvgIpc) is 2.97. The topological polar surface area (TPSA) is 94.9 Å². The fourth-order valence-corrected chi connectivity index (χ4v) is 5.86. The van der Waals surface area contributed by atoms with Crippen LogP contribution in [0, 0.1) is 0 Å². The van der Waals surface area contributed by atoms with Gasteiger partial charge < -0.3 is 19.5 Å². The third-order valence-corrected chi connectivity index (χ3v) is 9.05. The Kier molecular flexibility index (Phi) is 33.5. The van der Waals surface area contributed by atoms with Crippen LogP contribution >= 0.6 is 9.24 Å². The third kappa shape index (κ3) is 23.9. The molecule has 43 heavy (non-hydrogen) atoms. The number of unbranched alkanes of at least 4 members (excludes halogenated alkanes) is 24. The first-order valence-corrected chi connectivity index (χ1v) is 18.3. The van der Waals surface area contributed by atoms with Crippen molar-refractivity contribution in [2.75, 3.05) is 6.61 Å². The van der Waals surface area contributed by atoms with Crippen LogP contribution in [0.2, 0.25) is 0 Å². The van der Waals surface area contributed by atoms with E-state index in [1.807, 2.05) is 0 Å². The van der Waals surface area contributed by atoms with E-state index in [4.69, 9.17) is 0 Å². The maximum absolute atomic E-state index is 13.0. The van der Waals surface area contributed by atoms with Crippen LogP contribution in [0.1, 0.15) is 194 Å². The number of aliphatic hydroxyl groups excluding tert-OH is 1. The van der Waals surface area contributed by atoms with Gasteiger partial charge in [-0.05, 0) is 12.8 Å². The number of carboxylic acid groups (broad SMARTS) is 1. The largest absolute Gasteiger partial charge is 1.00 e. The van der Waals surface area contributed by atoms with Gasteiger partial charge in [-0.25, -0.2) is 0 Å². The zero-order valence-electron chi connectivity index (χ0n) is 28.6. The Bertz CT molecular complexity index is 639. The number of hydrogen-bond donors (Lipinski definition) is 2. The van der Waals surface area contributed by atoms with Crippen LogP contribution in [0.15, 0.2) is 0 Å². The molecule has 1 atom stereocenters. The molecule has 0 saturated carbocycles. The van der Waals surface area contributed by atoms with Gasteiger partial charge in [0.15, 0.2) is 0 Å². The first-order valence-electron chi connectivity index (χ1n) is 17.8. The minimum absolute atomic E-state index is 0. The molecular formula is C35H67NNaO5P. The summed E-state index contributed by atoms with van der Waals surface area (Å²) in [6.45, 7) is 3.62. The maximum atomic E-state index is 13.0. The Balaban J connectivity index is 0. The normalized spacial score (nSPS) is 12.5. The number of rotatable bonds is 31. The molecule has 0 radical (unpaired) electrons. The van der Waals surface area contributed by atoms with Crippen molar-refractivity contribution in [2.45, 2.75) is 199 Å². The van der Waals surface area contributed by atoms with E-state index >= 15 is 0 Å². The molecule has 0 rings (SSSR count). The van der Waals surface area contributed by atoms with Gasteiger partial charge in [-0.2, -0.15) is 0 Å². The molecule has 2 amide bonds. The van der Waals surface area contributed by atoms with E-state index in [1.54, 1.807) is 0 Å². The number of carbonyl (C=O) groups excluding carboxylic acids is 2. The number of aliphatic hydroxyl groups is 1. The van der Waals surface area contributed by atoms with Crippen LogP contribution in [0.3, 0.4) is 0 Å². The van der Waals surface area contributed by atoms with Gasteiger partial charge in [-0.3, -0.25) is 19.3 Å². The van der Waals surface area contributed by atoms with Crippen LogP contribution < -0.4 is 29.6 Å². The van der Waals surface area contributed by atoms with Crippen molar-refractivity contribution >= 4 is 27.0 Å². The third-order valence-electron chi connectivity index (χ3n) is 8.45. The zero-order chi connectivity index (χ0) is 31.3. The van der Waals surface area contributed by atoms with Crippen molar-refractivity contribution in [1.29, 1.82) is 0 Å². The summed E-state index contributed by atoms with van der Waals surface area (Å²) in [5, 5.41) is 17.4. The van der Waals surface area contributed by atoms with Crippen LogP contribution in [-0.2, 0) is 14.4 Å². The summed E-state index contributed by atoms with van der Waals surface area (Å²) in [7, 11) is 3.08. The smallest absolute Gasteiger partial charge is 0.514 e. The van der Waals surface area contributed by atoms with Crippen LogP contribution in [0.4, 0.5) is 0 Å². The number of aliphatic carboxylic acids is 1. The summed E-state index contributed by atoms with van der Waals surface area (Å²) in [6, 6.07) is 0. The van der Waals surface area contributed by atoms with Gasteiger partial charge in [0.1, 0.15) is 0 Å². The van der Waals surface area contributed by atoms with Crippen molar-refractivity contribution in [3.8, 4) is 0 Å². The van der Waals surface area contributed by atoms with E-state index in [9.17, 15) is 24.6 Å². The molecule has 8 heteroatoms. The van der Waals surface area contributed by atoms with Crippen molar-refractivity contribution in [2.24, 2.45) is 0 Å². The standard InChI is InChI=1S/C35H67NO5P.Na/c1-3-5-7-9-11-13-15-17-19-21-23-25-27-29-32(38)36(35(42,31-37)34(40)41)33(39)30-28-26-24-22-20-18-16-14-12-10-8-6-4-2;/h37,42H,3-31H2,1-2H3,(H,40,41);/q-1;+1. The summed E-state index contributed by atoms with van der Waals surface area (Å²) in [6.07, 6.45) is 31.1. The first kappa shape index (κ1) is 45.1. The molecule has 0 aliphatic rings. The molecule has 1 unspecified atom stereocenters. The SMILES string of the molecule is CCCCCCCCCCCCCCCC(=O)N(C(=O)CCCCCCCCCCCCCCC)C([PH-])(CO)C(=O)O.[Na+]. The Hall–Kier alpha value is 0. The molecule has 0 aliphatic heterocycles. The van der Waals surface area contributed by atoms with Gasteiger partial charge in [-0.1, -0.05) is 168 Å². The molecule has 248 valence electrons. The van der Waals surface area contributed by atoms with Gasteiger partial charge >= 0.3 is 35.5 Å². The minimum atomic E-state index is -2.11. The van der Waals surface area contributed by atoms with E-state index in [0.717, 1.165) is 43.4 Å². The molecule has 0 fully saturated rings. The Morgan fingerprint density at radius 3 is 0.953 bits per heavy atom. The summed E-state index contributed by atoms with van der Waals surface area (Å²) < 4.78 is 0. The quantitative estimate of drug-likeness (QED) is 0.0477. The second-order valence-electron chi connectivity index (χ2n) is 12.4. The van der Waals surface area contributed by atoms with Gasteiger partial charge in [0.25, 0.3) is 0 Å². The van der Waals surface area contributed by atoms with Crippen molar-refractivity contribution in [3.05, 3.63) is 0 Å². The minimum Gasteiger partial charge on any atom is -0.514 e. The van der Waals surface area contributed by atoms with Crippen LogP contribution in [-0.4, -0.2) is 44.8 Å². The first-order chi connectivity index (χ1) is 20.3. The number of carboxylic acids is 1. The number of imide groups is 1. The number of amides is 2. The van der Waals surface area contributed by atoms with E-state index < -0.39 is 29.7 Å². The summed E-state index contributed by atoms with van der Waals surface area (Å²) in [5.74, 6) is -2.48. The van der Waals surface area contributed by atoms with Crippen LogP contribution in [0.5, 0.6) is 0 Å². The van der Waals surface area contributed by atoms with Crippen molar-refractivity contribution in [1.82, 2.24) is 4.90 Å². The average molecular weight is 636 g/mol. The zero-order valence-corrected chi connectivity index (χ0v) is 31.6. The monoisotopic (exact) mass is 635 g/mol. The Morgan fingerprint density at radius 2 is 0.744 bits per heavy atom. The Morgan fingerprint density at radius 1 is 0.512 bits per heavy atom. The Labute approximate surface area is 290 Å². The second-order valence-corrected chi connectivity index (χ2v) is 13.3. The summed E-state index contributed by atoms with van der Waals surface area (Å²) in [4.78, 5) is 38.8. The van der Waals surface area contributed by atoms with E-state index in [2.05, 4.69) is 23.1 Å². The number of hydrogen-bond acceptors (Lipinski definition) is 4. The molecule has 0 aromatic rings. The van der Waals surface area contributed by atoms with Gasteiger partial charge in [-0.15, -0.1) is 0 Å². The molecule has 0 bridgehead atoms. The fraction of sp³-hybridized carbons (Fsp3) is 0.914. The predicted octanol–water partition coefficient (Wildman–Crippen LogP) is 7.22. The predicted molar refractivity (Wildman–Crippen MR) is 178 cm³/mol. The maximum Gasteiger partial charge on any atom is 1.00 e. The summed E-state index contributed by atoms with van der Waals surface area (Å²) >= 11 is 0. The molecule has 2 N–H and O–H groups in total. The van der Waals surface area contributed by atoms with E-state index in [0.29, 0.717) is 12.8 Å². The summed E-state index contributed by atoms with van der Waals surface area (Å²) in [5.41, 5.74) is 0. The molecule has 0 aliphatic carbocycles. The van der Waals surface area contributed by atoms with Crippen molar-refractivity contribution < 1.29 is 54.2 Å². The molecule has 0 aromatic heterocycles. The molecule has 0 saturated heterocycles. The van der Waals surface area contributed by atoms with Gasteiger partial charge in [0.2, 0.25) is 11.8 Å². The van der Waals surface area contributed by atoms with Crippen molar-refractivity contribution in [3.63, 3.8) is 0 Å². The number of nitrogens with zero attached hydrogens (tertiary/aromatic N) is 1. The molecule has 0 heterocycles. The fourth-order valence-electron chi connectivity index (χ4n) is 5.61. The number of carbonyl (C=O) groups is 3.